The van der Waals surface area contributed by atoms with Gasteiger partial charge in [-0.25, -0.2) is 0 Å². The molecule has 0 unspecified atom stereocenters. The second kappa shape index (κ2) is 6.75. The quantitative estimate of drug-likeness (QED) is 0.839. The van der Waals surface area contributed by atoms with Gasteiger partial charge in [-0.2, -0.15) is 0 Å². The van der Waals surface area contributed by atoms with E-state index in [-0.39, 0.29) is 24.3 Å². The molecule has 0 atom stereocenters. The maximum atomic E-state index is 11.8. The Labute approximate surface area is 123 Å². The molecule has 108 valence electrons. The Hall–Kier alpha value is -1.55. The summed E-state index contributed by atoms with van der Waals surface area (Å²) in [6.45, 7) is 1.83. The number of hydrogen-bond acceptors (Lipinski definition) is 2. The highest BCUT2D eigenvalue weighted by Crippen LogP contribution is 2.23. The van der Waals surface area contributed by atoms with Crippen LogP contribution in [0, 0.1) is 6.92 Å². The van der Waals surface area contributed by atoms with Gasteiger partial charge in [0.25, 0.3) is 0 Å². The van der Waals surface area contributed by atoms with Crippen molar-refractivity contribution in [1.29, 1.82) is 0 Å². The summed E-state index contributed by atoms with van der Waals surface area (Å²) in [6.07, 6.45) is 4.18. The number of benzene rings is 1. The van der Waals surface area contributed by atoms with Crippen LogP contribution in [0.1, 0.15) is 37.7 Å². The molecule has 1 fully saturated rings. The fourth-order valence-corrected chi connectivity index (χ4v) is 2.61. The molecule has 0 heterocycles. The molecule has 0 spiro atoms. The minimum absolute atomic E-state index is 0.150. The van der Waals surface area contributed by atoms with Gasteiger partial charge in [-0.3, -0.25) is 9.59 Å². The van der Waals surface area contributed by atoms with Crippen LogP contribution in [0.4, 0.5) is 5.69 Å². The number of amides is 2. The van der Waals surface area contributed by atoms with Gasteiger partial charge in [0.2, 0.25) is 11.8 Å². The first kappa shape index (κ1) is 14.9. The van der Waals surface area contributed by atoms with Crippen molar-refractivity contribution >= 4 is 29.1 Å². The molecule has 0 radical (unpaired) electrons. The molecule has 5 heteroatoms. The number of carbonyl (C=O) groups excluding carboxylic acids is 2. The van der Waals surface area contributed by atoms with Crippen molar-refractivity contribution in [3.05, 3.63) is 28.8 Å². The van der Waals surface area contributed by atoms with Crippen LogP contribution in [0.15, 0.2) is 18.2 Å². The van der Waals surface area contributed by atoms with Gasteiger partial charge < -0.3 is 10.6 Å². The van der Waals surface area contributed by atoms with Crippen LogP contribution in [0.2, 0.25) is 5.02 Å². The molecule has 1 aromatic carbocycles. The van der Waals surface area contributed by atoms with Crippen LogP contribution < -0.4 is 10.6 Å². The molecule has 2 rings (SSSR count). The number of carbonyl (C=O) groups is 2. The number of rotatable bonds is 4. The topological polar surface area (TPSA) is 58.2 Å². The summed E-state index contributed by atoms with van der Waals surface area (Å²) in [5, 5.41) is 6.21. The van der Waals surface area contributed by atoms with Crippen molar-refractivity contribution in [3.63, 3.8) is 0 Å². The second-order valence-electron chi connectivity index (χ2n) is 5.19. The average Bonchev–Trinajstić information content (AvgIpc) is 2.87. The molecule has 1 aromatic rings. The number of anilines is 1. The monoisotopic (exact) mass is 294 g/mol. The van der Waals surface area contributed by atoms with Crippen LogP contribution in [0.5, 0.6) is 0 Å². The maximum absolute atomic E-state index is 11.8. The van der Waals surface area contributed by atoms with Crippen molar-refractivity contribution in [2.75, 3.05) is 5.32 Å². The lowest BCUT2D eigenvalue weighted by Gasteiger charge is -2.12. The lowest BCUT2D eigenvalue weighted by Crippen LogP contribution is -2.35. The van der Waals surface area contributed by atoms with E-state index >= 15 is 0 Å². The predicted molar refractivity (Wildman–Crippen MR) is 79.8 cm³/mol. The van der Waals surface area contributed by atoms with E-state index in [4.69, 9.17) is 11.6 Å². The van der Waals surface area contributed by atoms with Crippen molar-refractivity contribution in [1.82, 2.24) is 5.32 Å². The summed E-state index contributed by atoms with van der Waals surface area (Å²) in [5.41, 5.74) is 1.45. The van der Waals surface area contributed by atoms with Gasteiger partial charge in [0.05, 0.1) is 0 Å². The minimum atomic E-state index is -0.314. The van der Waals surface area contributed by atoms with E-state index in [2.05, 4.69) is 10.6 Å². The van der Waals surface area contributed by atoms with E-state index in [0.717, 1.165) is 31.2 Å². The number of nitrogens with one attached hydrogen (secondary N) is 2. The molecule has 0 aliphatic heterocycles. The third kappa shape index (κ3) is 3.97. The summed E-state index contributed by atoms with van der Waals surface area (Å²) >= 11 is 5.99. The minimum Gasteiger partial charge on any atom is -0.353 e. The average molecular weight is 295 g/mol. The Bertz CT molecular complexity index is 511. The third-order valence-electron chi connectivity index (χ3n) is 3.58. The van der Waals surface area contributed by atoms with Gasteiger partial charge >= 0.3 is 0 Å². The van der Waals surface area contributed by atoms with Crippen LogP contribution in [0.25, 0.3) is 0 Å². The molecule has 2 N–H and O–H groups in total. The van der Waals surface area contributed by atoms with Crippen molar-refractivity contribution in [2.24, 2.45) is 0 Å². The smallest absolute Gasteiger partial charge is 0.233 e. The van der Waals surface area contributed by atoms with E-state index < -0.39 is 0 Å². The largest absolute Gasteiger partial charge is 0.353 e. The van der Waals surface area contributed by atoms with Gasteiger partial charge in [0.15, 0.2) is 0 Å². The predicted octanol–water partition coefficient (Wildman–Crippen LogP) is 3.04. The van der Waals surface area contributed by atoms with E-state index in [1.54, 1.807) is 18.2 Å². The lowest BCUT2D eigenvalue weighted by molar-refractivity contribution is -0.127. The van der Waals surface area contributed by atoms with Gasteiger partial charge in [-0.05, 0) is 37.5 Å². The Morgan fingerprint density at radius 2 is 1.95 bits per heavy atom. The van der Waals surface area contributed by atoms with E-state index in [9.17, 15) is 9.59 Å². The zero-order valence-electron chi connectivity index (χ0n) is 11.5. The molecule has 0 bridgehead atoms. The molecular weight excluding hydrogens is 276 g/mol. The first-order valence-corrected chi connectivity index (χ1v) is 7.28. The fourth-order valence-electron chi connectivity index (χ4n) is 2.43. The SMILES string of the molecule is Cc1c(Cl)cccc1NC(=O)CC(=O)NC1CCCC1. The maximum Gasteiger partial charge on any atom is 0.233 e. The van der Waals surface area contributed by atoms with Crippen molar-refractivity contribution in [3.8, 4) is 0 Å². The normalized spacial score (nSPS) is 15.1. The Kier molecular flexibility index (Phi) is 5.01. The Morgan fingerprint density at radius 1 is 1.25 bits per heavy atom. The first-order valence-electron chi connectivity index (χ1n) is 6.90. The van der Waals surface area contributed by atoms with E-state index in [1.807, 2.05) is 6.92 Å². The molecule has 0 aromatic heterocycles. The van der Waals surface area contributed by atoms with E-state index in [1.165, 1.54) is 0 Å². The number of hydrogen-bond donors (Lipinski definition) is 2. The van der Waals surface area contributed by atoms with Gasteiger partial charge in [-0.15, -0.1) is 0 Å². The molecule has 1 aliphatic rings. The van der Waals surface area contributed by atoms with Crippen LogP contribution >= 0.6 is 11.6 Å². The van der Waals surface area contributed by atoms with Crippen molar-refractivity contribution in [2.45, 2.75) is 45.1 Å². The zero-order chi connectivity index (χ0) is 14.5. The Balaban J connectivity index is 1.85. The van der Waals surface area contributed by atoms with Crippen LogP contribution in [-0.4, -0.2) is 17.9 Å². The molecule has 0 saturated heterocycles. The molecule has 1 aliphatic carbocycles. The molecule has 1 saturated carbocycles. The molecule has 20 heavy (non-hydrogen) atoms. The summed E-state index contributed by atoms with van der Waals surface area (Å²) < 4.78 is 0. The van der Waals surface area contributed by atoms with Crippen molar-refractivity contribution < 1.29 is 9.59 Å². The molecular formula is C15H19ClN2O2. The fraction of sp³-hybridized carbons (Fsp3) is 0.467. The summed E-state index contributed by atoms with van der Waals surface area (Å²) in [5.74, 6) is -0.528. The van der Waals surface area contributed by atoms with E-state index in [0.29, 0.717) is 10.7 Å². The van der Waals surface area contributed by atoms with Gasteiger partial charge in [0, 0.05) is 16.8 Å². The van der Waals surface area contributed by atoms with Gasteiger partial charge in [0.1, 0.15) is 6.42 Å². The molecule has 2 amide bonds. The third-order valence-corrected chi connectivity index (χ3v) is 3.99. The number of halogens is 1. The highest BCUT2D eigenvalue weighted by molar-refractivity contribution is 6.31. The summed E-state index contributed by atoms with van der Waals surface area (Å²) in [4.78, 5) is 23.6. The van der Waals surface area contributed by atoms with Crippen LogP contribution in [-0.2, 0) is 9.59 Å². The first-order chi connectivity index (χ1) is 9.56. The summed E-state index contributed by atoms with van der Waals surface area (Å²) in [7, 11) is 0. The van der Waals surface area contributed by atoms with Crippen LogP contribution in [0.3, 0.4) is 0 Å². The Morgan fingerprint density at radius 3 is 2.65 bits per heavy atom. The highest BCUT2D eigenvalue weighted by atomic mass is 35.5. The zero-order valence-corrected chi connectivity index (χ0v) is 12.3. The lowest BCUT2D eigenvalue weighted by atomic mass is 10.2. The summed E-state index contributed by atoms with van der Waals surface area (Å²) in [6, 6.07) is 5.54. The standard InChI is InChI=1S/C15H19ClN2O2/c1-10-12(16)7-4-8-13(10)18-15(20)9-14(19)17-11-5-2-3-6-11/h4,7-8,11H,2-3,5-6,9H2,1H3,(H,17,19)(H,18,20). The second-order valence-corrected chi connectivity index (χ2v) is 5.59. The molecule has 4 nitrogen and oxygen atoms in total. The highest BCUT2D eigenvalue weighted by Gasteiger charge is 2.18. The van der Waals surface area contributed by atoms with Gasteiger partial charge in [-0.1, -0.05) is 30.5 Å².